The molecule has 0 saturated carbocycles. The average molecular weight is 536 g/mol. The first-order chi connectivity index (χ1) is 20.8. The molecule has 2 aromatic heterocycles. The van der Waals surface area contributed by atoms with E-state index >= 15 is 0 Å². The Labute approximate surface area is 243 Å². The third-order valence-electron chi connectivity index (χ3n) is 7.93. The summed E-state index contributed by atoms with van der Waals surface area (Å²) in [7, 11) is 0. The number of hydrogen-bond acceptors (Lipinski definition) is 3. The van der Waals surface area contributed by atoms with Crippen molar-refractivity contribution in [2.24, 2.45) is 0 Å². The van der Waals surface area contributed by atoms with Gasteiger partial charge in [0.15, 0.2) is 5.82 Å². The van der Waals surface area contributed by atoms with Crippen molar-refractivity contribution in [1.29, 1.82) is 0 Å². The molecule has 0 unspecified atom stereocenters. The second kappa shape index (κ2) is 10.1. The molecule has 2 heterocycles. The van der Waals surface area contributed by atoms with E-state index in [1.165, 1.54) is 32.3 Å². The molecule has 8 aromatic rings. The number of benzene rings is 6. The Morgan fingerprint density at radius 3 is 1.95 bits per heavy atom. The molecule has 42 heavy (non-hydrogen) atoms. The van der Waals surface area contributed by atoms with Gasteiger partial charge in [-0.3, -0.25) is 4.98 Å². The van der Waals surface area contributed by atoms with Crippen molar-refractivity contribution < 1.29 is 0 Å². The van der Waals surface area contributed by atoms with Crippen molar-refractivity contribution in [2.45, 2.75) is 0 Å². The predicted octanol–water partition coefficient (Wildman–Crippen LogP) is 10.00. The van der Waals surface area contributed by atoms with Crippen molar-refractivity contribution in [3.05, 3.63) is 152 Å². The molecule has 0 saturated heterocycles. The van der Waals surface area contributed by atoms with Gasteiger partial charge in [0.25, 0.3) is 0 Å². The summed E-state index contributed by atoms with van der Waals surface area (Å²) in [5, 5.41) is 7.19. The highest BCUT2D eigenvalue weighted by atomic mass is 14.9. The summed E-state index contributed by atoms with van der Waals surface area (Å²) < 4.78 is 0. The average Bonchev–Trinajstić information content (AvgIpc) is 3.08. The zero-order valence-corrected chi connectivity index (χ0v) is 22.8. The molecule has 0 spiro atoms. The van der Waals surface area contributed by atoms with Crippen LogP contribution in [0.15, 0.2) is 152 Å². The summed E-state index contributed by atoms with van der Waals surface area (Å²) in [4.78, 5) is 14.7. The second-order valence-electron chi connectivity index (χ2n) is 10.5. The fourth-order valence-electron chi connectivity index (χ4n) is 5.85. The highest BCUT2D eigenvalue weighted by molar-refractivity contribution is 6.13. The number of fused-ring (bicyclic) bond motifs is 4. The zero-order chi connectivity index (χ0) is 27.9. The second-order valence-corrected chi connectivity index (χ2v) is 10.5. The van der Waals surface area contributed by atoms with E-state index in [2.05, 4.69) is 138 Å². The predicted molar refractivity (Wildman–Crippen MR) is 174 cm³/mol. The van der Waals surface area contributed by atoms with E-state index in [9.17, 15) is 0 Å². The molecule has 0 atom stereocenters. The van der Waals surface area contributed by atoms with Crippen LogP contribution in [0.5, 0.6) is 0 Å². The first-order valence-corrected chi connectivity index (χ1v) is 14.1. The van der Waals surface area contributed by atoms with Crippen LogP contribution in [0, 0.1) is 0 Å². The molecule has 0 aliphatic heterocycles. The molecule has 8 rings (SSSR count). The van der Waals surface area contributed by atoms with Crippen molar-refractivity contribution in [3.8, 4) is 45.0 Å². The van der Waals surface area contributed by atoms with Crippen LogP contribution in [0.2, 0.25) is 0 Å². The lowest BCUT2D eigenvalue weighted by atomic mass is 9.94. The van der Waals surface area contributed by atoms with Gasteiger partial charge in [-0.2, -0.15) is 0 Å². The van der Waals surface area contributed by atoms with E-state index in [-0.39, 0.29) is 0 Å². The first kappa shape index (κ1) is 24.2. The van der Waals surface area contributed by atoms with Crippen LogP contribution in [0.1, 0.15) is 0 Å². The summed E-state index contributed by atoms with van der Waals surface area (Å²) >= 11 is 0. The Hall–Kier alpha value is -5.67. The van der Waals surface area contributed by atoms with E-state index in [0.717, 1.165) is 39.2 Å². The number of nitrogens with zero attached hydrogens (tertiary/aromatic N) is 3. The van der Waals surface area contributed by atoms with Gasteiger partial charge in [-0.05, 0) is 68.2 Å². The van der Waals surface area contributed by atoms with Gasteiger partial charge >= 0.3 is 0 Å². The molecule has 0 aliphatic rings. The van der Waals surface area contributed by atoms with Crippen LogP contribution in [0.25, 0.3) is 77.3 Å². The van der Waals surface area contributed by atoms with Crippen molar-refractivity contribution in [1.82, 2.24) is 15.0 Å². The van der Waals surface area contributed by atoms with E-state index < -0.39 is 0 Å². The maximum absolute atomic E-state index is 5.22. The Kier molecular flexibility index (Phi) is 5.79. The van der Waals surface area contributed by atoms with Gasteiger partial charge < -0.3 is 0 Å². The fraction of sp³-hybridized carbons (Fsp3) is 0. The third-order valence-corrected chi connectivity index (χ3v) is 7.93. The highest BCUT2D eigenvalue weighted by Gasteiger charge is 2.15. The van der Waals surface area contributed by atoms with Gasteiger partial charge in [0.05, 0.1) is 11.4 Å². The van der Waals surface area contributed by atoms with Gasteiger partial charge in [-0.15, -0.1) is 0 Å². The van der Waals surface area contributed by atoms with Crippen LogP contribution in [-0.4, -0.2) is 15.0 Å². The molecular formula is C39H25N3. The topological polar surface area (TPSA) is 38.7 Å². The van der Waals surface area contributed by atoms with Crippen LogP contribution in [0.4, 0.5) is 0 Å². The summed E-state index contributed by atoms with van der Waals surface area (Å²) in [5.74, 6) is 0.706. The SMILES string of the molecule is c1cncc(-c2cccc(-c3cc(-c4cc5ccccc5c5ccccc45)nc(-c4ccc5ccccc5c4)n3)c2)c1. The Morgan fingerprint density at radius 2 is 1.10 bits per heavy atom. The minimum atomic E-state index is 0.706. The molecular weight excluding hydrogens is 510 g/mol. The van der Waals surface area contributed by atoms with Gasteiger partial charge in [-0.25, -0.2) is 9.97 Å². The molecule has 0 bridgehead atoms. The number of aromatic nitrogens is 3. The maximum Gasteiger partial charge on any atom is 0.160 e. The molecule has 0 N–H and O–H groups in total. The molecule has 3 heteroatoms. The van der Waals surface area contributed by atoms with Crippen LogP contribution in [0.3, 0.4) is 0 Å². The lowest BCUT2D eigenvalue weighted by Gasteiger charge is -2.14. The van der Waals surface area contributed by atoms with Gasteiger partial charge in [-0.1, -0.05) is 109 Å². The van der Waals surface area contributed by atoms with Crippen molar-refractivity contribution in [3.63, 3.8) is 0 Å². The van der Waals surface area contributed by atoms with E-state index in [1.807, 2.05) is 12.3 Å². The summed E-state index contributed by atoms with van der Waals surface area (Å²) in [6.45, 7) is 0. The van der Waals surface area contributed by atoms with E-state index in [0.29, 0.717) is 5.82 Å². The molecule has 0 fully saturated rings. The maximum atomic E-state index is 5.22. The quantitative estimate of drug-likeness (QED) is 0.211. The van der Waals surface area contributed by atoms with E-state index in [4.69, 9.17) is 9.97 Å². The molecule has 6 aromatic carbocycles. The van der Waals surface area contributed by atoms with Gasteiger partial charge in [0.1, 0.15) is 0 Å². The van der Waals surface area contributed by atoms with Crippen LogP contribution < -0.4 is 0 Å². The molecule has 0 radical (unpaired) electrons. The summed E-state index contributed by atoms with van der Waals surface area (Å²) in [6, 6.07) is 49.0. The Balaban J connectivity index is 1.39. The minimum absolute atomic E-state index is 0.706. The van der Waals surface area contributed by atoms with Crippen molar-refractivity contribution >= 4 is 32.3 Å². The lowest BCUT2D eigenvalue weighted by Crippen LogP contribution is -1.97. The third kappa shape index (κ3) is 4.29. The van der Waals surface area contributed by atoms with E-state index in [1.54, 1.807) is 6.20 Å². The monoisotopic (exact) mass is 535 g/mol. The molecule has 0 amide bonds. The number of pyridine rings is 1. The standard InChI is InChI=1S/C39H25N3/c1-2-10-27-22-31(19-18-26(27)9-1)39-41-37(30-13-7-12-28(21-30)32-14-8-20-40-25-32)24-38(42-39)36-23-29-11-3-4-15-33(29)34-16-5-6-17-35(34)36/h1-25H. The van der Waals surface area contributed by atoms with Gasteiger partial charge in [0.2, 0.25) is 0 Å². The minimum Gasteiger partial charge on any atom is -0.264 e. The van der Waals surface area contributed by atoms with Crippen molar-refractivity contribution in [2.75, 3.05) is 0 Å². The Morgan fingerprint density at radius 1 is 0.381 bits per heavy atom. The van der Waals surface area contributed by atoms with Crippen LogP contribution in [-0.2, 0) is 0 Å². The lowest BCUT2D eigenvalue weighted by molar-refractivity contribution is 1.19. The summed E-state index contributed by atoms with van der Waals surface area (Å²) in [6.07, 6.45) is 3.69. The molecule has 196 valence electrons. The highest BCUT2D eigenvalue weighted by Crippen LogP contribution is 2.37. The number of rotatable bonds is 4. The van der Waals surface area contributed by atoms with Gasteiger partial charge in [0, 0.05) is 34.6 Å². The smallest absolute Gasteiger partial charge is 0.160 e. The molecule has 3 nitrogen and oxygen atoms in total. The number of hydrogen-bond donors (Lipinski definition) is 0. The fourth-order valence-corrected chi connectivity index (χ4v) is 5.85. The largest absolute Gasteiger partial charge is 0.264 e. The molecule has 0 aliphatic carbocycles. The first-order valence-electron chi connectivity index (χ1n) is 14.1. The normalized spacial score (nSPS) is 11.3. The summed E-state index contributed by atoms with van der Waals surface area (Å²) in [5.41, 5.74) is 7.08. The van der Waals surface area contributed by atoms with Crippen LogP contribution >= 0.6 is 0 Å². The zero-order valence-electron chi connectivity index (χ0n) is 22.8. The Bertz CT molecular complexity index is 2250.